The molecule has 0 saturated carbocycles. The molecule has 1 aliphatic heterocycles. The number of aromatic nitrogens is 1. The van der Waals surface area contributed by atoms with E-state index < -0.39 is 0 Å². The lowest BCUT2D eigenvalue weighted by atomic mass is 10.3. The van der Waals surface area contributed by atoms with Crippen molar-refractivity contribution in [2.24, 2.45) is 0 Å². The average molecular weight is 265 g/mol. The molecular weight excluding hydrogens is 246 g/mol. The van der Waals surface area contributed by atoms with Crippen molar-refractivity contribution in [1.29, 1.82) is 0 Å². The number of carbonyl (C=O) groups excluding carboxylic acids is 1. The third-order valence-electron chi connectivity index (χ3n) is 2.98. The van der Waals surface area contributed by atoms with Crippen molar-refractivity contribution in [1.82, 2.24) is 9.88 Å². The van der Waals surface area contributed by atoms with Gasteiger partial charge in [0, 0.05) is 26.1 Å². The predicted octanol–water partition coefficient (Wildman–Crippen LogP) is 0.751. The smallest absolute Gasteiger partial charge is 0.224 e. The number of anilines is 1. The molecule has 0 bridgehead atoms. The third kappa shape index (κ3) is 4.10. The molecule has 0 atom stereocenters. The Morgan fingerprint density at radius 2 is 2.26 bits per heavy atom. The van der Waals surface area contributed by atoms with E-state index in [9.17, 15) is 4.79 Å². The molecule has 0 radical (unpaired) electrons. The summed E-state index contributed by atoms with van der Waals surface area (Å²) in [5.74, 6) is 1.62. The minimum Gasteiger partial charge on any atom is -0.495 e. The highest BCUT2D eigenvalue weighted by molar-refractivity contribution is 5.76. The van der Waals surface area contributed by atoms with Crippen LogP contribution in [0.4, 0.5) is 5.82 Å². The minimum atomic E-state index is 0.157. The van der Waals surface area contributed by atoms with Crippen LogP contribution in [0.3, 0.4) is 0 Å². The van der Waals surface area contributed by atoms with Crippen molar-refractivity contribution < 1.29 is 14.3 Å². The second-order valence-corrected chi connectivity index (χ2v) is 4.25. The molecule has 0 spiro atoms. The summed E-state index contributed by atoms with van der Waals surface area (Å²) in [7, 11) is 1.60. The topological polar surface area (TPSA) is 63.7 Å². The number of ether oxygens (including phenoxy) is 2. The normalized spacial score (nSPS) is 15.1. The van der Waals surface area contributed by atoms with Crippen LogP contribution in [0, 0.1) is 0 Å². The van der Waals surface area contributed by atoms with Crippen LogP contribution in [0.15, 0.2) is 18.3 Å². The molecule has 1 aliphatic rings. The number of hydrogen-bond acceptors (Lipinski definition) is 5. The number of nitrogens with one attached hydrogen (secondary N) is 1. The van der Waals surface area contributed by atoms with Crippen LogP contribution < -0.4 is 10.1 Å². The maximum Gasteiger partial charge on any atom is 0.224 e. The zero-order valence-electron chi connectivity index (χ0n) is 11.1. The Bertz CT molecular complexity index is 402. The van der Waals surface area contributed by atoms with Gasteiger partial charge in [-0.3, -0.25) is 4.79 Å². The maximum atomic E-state index is 11.9. The highest BCUT2D eigenvalue weighted by Crippen LogP contribution is 2.11. The molecule has 1 N–H and O–H groups in total. The van der Waals surface area contributed by atoms with E-state index in [-0.39, 0.29) is 5.91 Å². The summed E-state index contributed by atoms with van der Waals surface area (Å²) < 4.78 is 10.2. The maximum absolute atomic E-state index is 11.9. The number of hydrogen-bond donors (Lipinski definition) is 1. The summed E-state index contributed by atoms with van der Waals surface area (Å²) in [5.41, 5.74) is 0. The number of pyridine rings is 1. The number of amides is 1. The molecule has 0 aromatic carbocycles. The van der Waals surface area contributed by atoms with Gasteiger partial charge in [0.05, 0.1) is 26.5 Å². The van der Waals surface area contributed by atoms with Gasteiger partial charge in [0.25, 0.3) is 0 Å². The summed E-state index contributed by atoms with van der Waals surface area (Å²) in [6.45, 7) is 3.24. The number of methoxy groups -OCH3 is 1. The Morgan fingerprint density at radius 1 is 1.47 bits per heavy atom. The van der Waals surface area contributed by atoms with Crippen LogP contribution >= 0.6 is 0 Å². The molecule has 2 heterocycles. The van der Waals surface area contributed by atoms with Crippen LogP contribution in [0.1, 0.15) is 6.42 Å². The molecule has 1 aromatic heterocycles. The summed E-state index contributed by atoms with van der Waals surface area (Å²) in [6, 6.07) is 3.66. The second-order valence-electron chi connectivity index (χ2n) is 4.25. The summed E-state index contributed by atoms with van der Waals surface area (Å²) in [4.78, 5) is 17.9. The van der Waals surface area contributed by atoms with Gasteiger partial charge in [0.15, 0.2) is 0 Å². The van der Waals surface area contributed by atoms with Gasteiger partial charge in [-0.25, -0.2) is 4.98 Å². The van der Waals surface area contributed by atoms with Crippen LogP contribution in [-0.4, -0.2) is 55.7 Å². The van der Waals surface area contributed by atoms with Crippen molar-refractivity contribution in [3.63, 3.8) is 0 Å². The van der Waals surface area contributed by atoms with Crippen molar-refractivity contribution in [3.8, 4) is 5.75 Å². The summed E-state index contributed by atoms with van der Waals surface area (Å²) >= 11 is 0. The molecule has 1 fully saturated rings. The highest BCUT2D eigenvalue weighted by atomic mass is 16.5. The fraction of sp³-hybridized carbons (Fsp3) is 0.538. The quantitative estimate of drug-likeness (QED) is 0.851. The molecular formula is C13H19N3O3. The number of morpholine rings is 1. The monoisotopic (exact) mass is 265 g/mol. The molecule has 2 rings (SSSR count). The van der Waals surface area contributed by atoms with Crippen LogP contribution in [-0.2, 0) is 9.53 Å². The fourth-order valence-corrected chi connectivity index (χ4v) is 1.87. The van der Waals surface area contributed by atoms with Crippen LogP contribution in [0.2, 0.25) is 0 Å². The molecule has 19 heavy (non-hydrogen) atoms. The van der Waals surface area contributed by atoms with E-state index in [4.69, 9.17) is 9.47 Å². The zero-order valence-corrected chi connectivity index (χ0v) is 11.1. The van der Waals surface area contributed by atoms with Gasteiger partial charge >= 0.3 is 0 Å². The van der Waals surface area contributed by atoms with E-state index >= 15 is 0 Å². The number of nitrogens with zero attached hydrogens (tertiary/aromatic N) is 2. The lowest BCUT2D eigenvalue weighted by Gasteiger charge is -2.26. The molecule has 1 amide bonds. The van der Waals surface area contributed by atoms with Crippen LogP contribution in [0.5, 0.6) is 5.75 Å². The van der Waals surface area contributed by atoms with E-state index in [1.54, 1.807) is 13.3 Å². The first-order valence-electron chi connectivity index (χ1n) is 6.39. The number of carbonyl (C=O) groups is 1. The van der Waals surface area contributed by atoms with E-state index in [2.05, 4.69) is 10.3 Å². The lowest BCUT2D eigenvalue weighted by Crippen LogP contribution is -2.41. The highest BCUT2D eigenvalue weighted by Gasteiger charge is 2.15. The first kappa shape index (κ1) is 13.6. The fourth-order valence-electron chi connectivity index (χ4n) is 1.87. The Balaban J connectivity index is 1.71. The van der Waals surface area contributed by atoms with Crippen molar-refractivity contribution in [2.75, 3.05) is 45.3 Å². The summed E-state index contributed by atoms with van der Waals surface area (Å²) in [6.07, 6.45) is 2.11. The lowest BCUT2D eigenvalue weighted by molar-refractivity contribution is -0.134. The van der Waals surface area contributed by atoms with E-state index in [0.717, 1.165) is 11.6 Å². The molecule has 0 aliphatic carbocycles. The SMILES string of the molecule is COc1ccc(NCCC(=O)N2CCOCC2)nc1. The Morgan fingerprint density at radius 3 is 2.89 bits per heavy atom. The van der Waals surface area contributed by atoms with Gasteiger partial charge in [-0.05, 0) is 12.1 Å². The summed E-state index contributed by atoms with van der Waals surface area (Å²) in [5, 5.41) is 3.12. The van der Waals surface area contributed by atoms with Crippen molar-refractivity contribution in [3.05, 3.63) is 18.3 Å². The molecule has 1 aromatic rings. The van der Waals surface area contributed by atoms with Crippen molar-refractivity contribution in [2.45, 2.75) is 6.42 Å². The molecule has 6 nitrogen and oxygen atoms in total. The zero-order chi connectivity index (χ0) is 13.5. The van der Waals surface area contributed by atoms with Gasteiger partial charge in [-0.1, -0.05) is 0 Å². The standard InChI is InChI=1S/C13H19N3O3/c1-18-11-2-3-12(15-10-11)14-5-4-13(17)16-6-8-19-9-7-16/h2-3,10H,4-9H2,1H3,(H,14,15). The second kappa shape index (κ2) is 6.94. The largest absolute Gasteiger partial charge is 0.495 e. The van der Waals surface area contributed by atoms with E-state index in [1.165, 1.54) is 0 Å². The Kier molecular flexibility index (Phi) is 4.97. The first-order valence-corrected chi connectivity index (χ1v) is 6.39. The third-order valence-corrected chi connectivity index (χ3v) is 2.98. The minimum absolute atomic E-state index is 0.157. The number of rotatable bonds is 5. The van der Waals surface area contributed by atoms with Gasteiger partial charge in [0.2, 0.25) is 5.91 Å². The Labute approximate surface area is 112 Å². The Hall–Kier alpha value is -1.82. The van der Waals surface area contributed by atoms with Gasteiger partial charge in [-0.2, -0.15) is 0 Å². The molecule has 6 heteroatoms. The van der Waals surface area contributed by atoms with Gasteiger partial charge in [-0.15, -0.1) is 0 Å². The average Bonchev–Trinajstić information content (AvgIpc) is 2.49. The molecule has 104 valence electrons. The predicted molar refractivity (Wildman–Crippen MR) is 71.3 cm³/mol. The first-order chi connectivity index (χ1) is 9.29. The van der Waals surface area contributed by atoms with Crippen LogP contribution in [0.25, 0.3) is 0 Å². The van der Waals surface area contributed by atoms with E-state index in [1.807, 2.05) is 17.0 Å². The molecule has 0 unspecified atom stereocenters. The molecule has 1 saturated heterocycles. The van der Waals surface area contributed by atoms with Gasteiger partial charge < -0.3 is 19.7 Å². The van der Waals surface area contributed by atoms with Crippen molar-refractivity contribution >= 4 is 11.7 Å². The van der Waals surface area contributed by atoms with E-state index in [0.29, 0.717) is 39.3 Å². The van der Waals surface area contributed by atoms with Gasteiger partial charge in [0.1, 0.15) is 11.6 Å².